The molecular weight excluding hydrogens is 326 g/mol. The fraction of sp³-hybridized carbons (Fsp3) is 0.222. The Morgan fingerprint density at radius 2 is 2.00 bits per heavy atom. The number of ether oxygens (including phenoxy) is 3. The van der Waals surface area contributed by atoms with Crippen LogP contribution in [0.5, 0.6) is 5.75 Å². The molecule has 2 heterocycles. The van der Waals surface area contributed by atoms with Crippen molar-refractivity contribution >= 4 is 17.6 Å². The van der Waals surface area contributed by atoms with Crippen molar-refractivity contribution < 1.29 is 28.9 Å². The van der Waals surface area contributed by atoms with Crippen LogP contribution in [0.15, 0.2) is 48.5 Å². The van der Waals surface area contributed by atoms with Crippen LogP contribution in [0.1, 0.15) is 15.9 Å². The van der Waals surface area contributed by atoms with E-state index in [0.29, 0.717) is 11.3 Å². The normalized spacial score (nSPS) is 24.2. The van der Waals surface area contributed by atoms with Gasteiger partial charge in [-0.15, -0.1) is 0 Å². The van der Waals surface area contributed by atoms with Crippen LogP contribution >= 0.6 is 0 Å². The van der Waals surface area contributed by atoms with Crippen molar-refractivity contribution in [3.05, 3.63) is 59.7 Å². The summed E-state index contributed by atoms with van der Waals surface area (Å²) in [6.07, 6.45) is -0.591. The predicted molar refractivity (Wildman–Crippen MR) is 86.0 cm³/mol. The second-order valence-corrected chi connectivity index (χ2v) is 5.78. The van der Waals surface area contributed by atoms with Gasteiger partial charge in [0.15, 0.2) is 0 Å². The molecule has 0 bridgehead atoms. The molecule has 0 saturated carbocycles. The SMILES string of the molecule is O=C(OC[C@H]1CO[C@]2(O1)C(=O)Nc1ccccc12)c1ccccc1O. The molecule has 2 aromatic rings. The van der Waals surface area contributed by atoms with Crippen molar-refractivity contribution in [2.45, 2.75) is 11.9 Å². The zero-order valence-electron chi connectivity index (χ0n) is 13.1. The molecule has 0 aromatic heterocycles. The molecule has 0 radical (unpaired) electrons. The number of para-hydroxylation sites is 2. The molecule has 1 fully saturated rings. The topological polar surface area (TPSA) is 94.1 Å². The lowest BCUT2D eigenvalue weighted by Gasteiger charge is -2.20. The highest BCUT2D eigenvalue weighted by molar-refractivity contribution is 6.04. The minimum atomic E-state index is -1.50. The molecule has 7 nitrogen and oxygen atoms in total. The molecule has 7 heteroatoms. The van der Waals surface area contributed by atoms with Gasteiger partial charge < -0.3 is 24.6 Å². The first-order chi connectivity index (χ1) is 12.1. The summed E-state index contributed by atoms with van der Waals surface area (Å²) >= 11 is 0. The first kappa shape index (κ1) is 15.6. The zero-order chi connectivity index (χ0) is 17.4. The Hall–Kier alpha value is -2.90. The van der Waals surface area contributed by atoms with Gasteiger partial charge in [-0.2, -0.15) is 0 Å². The van der Waals surface area contributed by atoms with E-state index in [4.69, 9.17) is 14.2 Å². The second-order valence-electron chi connectivity index (χ2n) is 5.78. The van der Waals surface area contributed by atoms with Gasteiger partial charge in [0.05, 0.1) is 12.3 Å². The molecule has 2 aliphatic rings. The third-order valence-electron chi connectivity index (χ3n) is 4.16. The van der Waals surface area contributed by atoms with E-state index in [-0.39, 0.29) is 24.5 Å². The summed E-state index contributed by atoms with van der Waals surface area (Å²) in [6, 6.07) is 13.2. The van der Waals surface area contributed by atoms with Gasteiger partial charge in [-0.25, -0.2) is 4.79 Å². The minimum absolute atomic E-state index is 0.0695. The van der Waals surface area contributed by atoms with E-state index in [2.05, 4.69) is 5.32 Å². The van der Waals surface area contributed by atoms with E-state index >= 15 is 0 Å². The molecule has 1 saturated heterocycles. The Morgan fingerprint density at radius 3 is 2.84 bits per heavy atom. The molecule has 4 rings (SSSR count). The number of aromatic hydroxyl groups is 1. The van der Waals surface area contributed by atoms with Crippen LogP contribution in [0.2, 0.25) is 0 Å². The molecule has 25 heavy (non-hydrogen) atoms. The predicted octanol–water partition coefficient (Wildman–Crippen LogP) is 1.77. The highest BCUT2D eigenvalue weighted by Crippen LogP contribution is 2.43. The van der Waals surface area contributed by atoms with Crippen LogP contribution < -0.4 is 5.32 Å². The third-order valence-corrected chi connectivity index (χ3v) is 4.16. The molecular formula is C18H15NO6. The maximum absolute atomic E-state index is 12.3. The zero-order valence-corrected chi connectivity index (χ0v) is 13.1. The summed E-state index contributed by atoms with van der Waals surface area (Å²) in [4.78, 5) is 24.3. The summed E-state index contributed by atoms with van der Waals surface area (Å²) in [5, 5.41) is 12.4. The van der Waals surface area contributed by atoms with Crippen LogP contribution in [-0.4, -0.2) is 36.3 Å². The number of carbonyl (C=O) groups excluding carboxylic acids is 2. The largest absolute Gasteiger partial charge is 0.507 e. The molecule has 2 aromatic carbocycles. The van der Waals surface area contributed by atoms with Gasteiger partial charge in [-0.1, -0.05) is 30.3 Å². The number of benzene rings is 2. The van der Waals surface area contributed by atoms with Gasteiger partial charge in [-0.3, -0.25) is 4.79 Å². The average Bonchev–Trinajstić information content (AvgIpc) is 3.17. The second kappa shape index (κ2) is 5.87. The Bertz CT molecular complexity index is 851. The Kier molecular flexibility index (Phi) is 3.67. The van der Waals surface area contributed by atoms with E-state index < -0.39 is 23.8 Å². The van der Waals surface area contributed by atoms with Crippen LogP contribution in [-0.2, 0) is 24.8 Å². The molecule has 2 aliphatic heterocycles. The van der Waals surface area contributed by atoms with Crippen molar-refractivity contribution in [3.63, 3.8) is 0 Å². The highest BCUT2D eigenvalue weighted by atomic mass is 16.8. The van der Waals surface area contributed by atoms with Crippen molar-refractivity contribution in [1.82, 2.24) is 0 Å². The summed E-state index contributed by atoms with van der Waals surface area (Å²) in [7, 11) is 0. The first-order valence-electron chi connectivity index (χ1n) is 7.78. The lowest BCUT2D eigenvalue weighted by molar-refractivity contribution is -0.185. The van der Waals surface area contributed by atoms with Gasteiger partial charge in [0, 0.05) is 5.56 Å². The lowest BCUT2D eigenvalue weighted by Crippen LogP contribution is -2.36. The number of hydrogen-bond donors (Lipinski definition) is 2. The summed E-state index contributed by atoms with van der Waals surface area (Å²) in [5.74, 6) is -2.72. The molecule has 1 spiro atoms. The number of amides is 1. The Morgan fingerprint density at radius 1 is 1.24 bits per heavy atom. The molecule has 1 amide bonds. The smallest absolute Gasteiger partial charge is 0.342 e. The number of carbonyl (C=O) groups is 2. The number of anilines is 1. The monoisotopic (exact) mass is 341 g/mol. The molecule has 0 aliphatic carbocycles. The van der Waals surface area contributed by atoms with E-state index in [1.54, 1.807) is 36.4 Å². The summed E-state index contributed by atoms with van der Waals surface area (Å²) in [6.45, 7) is 0.0141. The number of esters is 1. The van der Waals surface area contributed by atoms with Crippen LogP contribution in [0.25, 0.3) is 0 Å². The van der Waals surface area contributed by atoms with Gasteiger partial charge >= 0.3 is 5.97 Å². The van der Waals surface area contributed by atoms with E-state index in [1.807, 2.05) is 0 Å². The number of fused-ring (bicyclic) bond motifs is 2. The number of phenolic OH excluding ortho intramolecular Hbond substituents is 1. The highest BCUT2D eigenvalue weighted by Gasteiger charge is 2.55. The maximum Gasteiger partial charge on any atom is 0.342 e. The van der Waals surface area contributed by atoms with E-state index in [9.17, 15) is 14.7 Å². The van der Waals surface area contributed by atoms with Crippen molar-refractivity contribution in [3.8, 4) is 5.75 Å². The average molecular weight is 341 g/mol. The molecule has 0 unspecified atom stereocenters. The summed E-state index contributed by atoms with van der Waals surface area (Å²) in [5.41, 5.74) is 1.31. The Labute approximate surface area is 143 Å². The van der Waals surface area contributed by atoms with Gasteiger partial charge in [0.2, 0.25) is 0 Å². The van der Waals surface area contributed by atoms with E-state index in [1.165, 1.54) is 12.1 Å². The fourth-order valence-corrected chi connectivity index (χ4v) is 2.95. The number of rotatable bonds is 3. The standard InChI is InChI=1S/C18H15NO6/c20-15-8-4-1-5-12(15)16(21)23-9-11-10-24-18(25-11)13-6-2-3-7-14(13)19-17(18)22/h1-8,11,20H,9-10H2,(H,19,22)/t11-,18+/m0/s1. The van der Waals surface area contributed by atoms with Crippen molar-refractivity contribution in [1.29, 1.82) is 0 Å². The molecule has 2 N–H and O–H groups in total. The van der Waals surface area contributed by atoms with Crippen LogP contribution in [0, 0.1) is 0 Å². The lowest BCUT2D eigenvalue weighted by atomic mass is 10.1. The third kappa shape index (κ3) is 2.54. The number of nitrogens with one attached hydrogen (secondary N) is 1. The molecule has 2 atom stereocenters. The van der Waals surface area contributed by atoms with Gasteiger partial charge in [-0.05, 0) is 18.2 Å². The number of hydrogen-bond acceptors (Lipinski definition) is 6. The number of phenols is 1. The van der Waals surface area contributed by atoms with Crippen molar-refractivity contribution in [2.75, 3.05) is 18.5 Å². The summed E-state index contributed by atoms with van der Waals surface area (Å²) < 4.78 is 16.6. The maximum atomic E-state index is 12.3. The Balaban J connectivity index is 1.45. The fourth-order valence-electron chi connectivity index (χ4n) is 2.95. The van der Waals surface area contributed by atoms with Gasteiger partial charge in [0.1, 0.15) is 24.0 Å². The van der Waals surface area contributed by atoms with Crippen LogP contribution in [0.4, 0.5) is 5.69 Å². The van der Waals surface area contributed by atoms with Gasteiger partial charge in [0.25, 0.3) is 11.7 Å². The van der Waals surface area contributed by atoms with Crippen LogP contribution in [0.3, 0.4) is 0 Å². The molecule has 128 valence electrons. The quantitative estimate of drug-likeness (QED) is 0.827. The van der Waals surface area contributed by atoms with E-state index in [0.717, 1.165) is 0 Å². The first-order valence-corrected chi connectivity index (χ1v) is 7.78. The minimum Gasteiger partial charge on any atom is -0.507 e. The van der Waals surface area contributed by atoms with Crippen molar-refractivity contribution in [2.24, 2.45) is 0 Å².